The lowest BCUT2D eigenvalue weighted by Gasteiger charge is -1.92. The molecule has 1 aromatic carbocycles. The lowest BCUT2D eigenvalue weighted by molar-refractivity contribution is 0.618. The lowest BCUT2D eigenvalue weighted by Crippen LogP contribution is -1.97. The van der Waals surface area contributed by atoms with Gasteiger partial charge in [-0.25, -0.2) is 0 Å². The summed E-state index contributed by atoms with van der Waals surface area (Å²) in [5, 5.41) is 3.70. The van der Waals surface area contributed by atoms with Crippen LogP contribution >= 0.6 is 23.2 Å². The van der Waals surface area contributed by atoms with Crippen LogP contribution in [-0.4, -0.2) is 11.5 Å². The van der Waals surface area contributed by atoms with Crippen LogP contribution in [0.2, 0.25) is 10.0 Å². The average Bonchev–Trinajstić information content (AvgIpc) is 2.58. The fraction of sp³-hybridized carbons (Fsp3) is 0.100. The standard InChI is InChI=1S/C10H6Cl2N2O/c1-2-3-13-10-14-8-4-6(11)7(12)5-9(8)15-10/h1,4-5H,3H2,(H,13,14). The first-order valence-electron chi connectivity index (χ1n) is 4.13. The van der Waals surface area contributed by atoms with Crippen LogP contribution in [0.25, 0.3) is 11.1 Å². The highest BCUT2D eigenvalue weighted by atomic mass is 35.5. The Bertz CT molecular complexity index is 503. The maximum atomic E-state index is 5.83. The Morgan fingerprint density at radius 1 is 1.40 bits per heavy atom. The summed E-state index contributed by atoms with van der Waals surface area (Å²) in [4.78, 5) is 4.14. The van der Waals surface area contributed by atoms with Crippen LogP contribution in [0, 0.1) is 12.3 Å². The molecule has 15 heavy (non-hydrogen) atoms. The number of terminal acetylenes is 1. The Morgan fingerprint density at radius 2 is 2.13 bits per heavy atom. The second-order valence-electron chi connectivity index (χ2n) is 2.81. The Morgan fingerprint density at radius 3 is 2.87 bits per heavy atom. The van der Waals surface area contributed by atoms with Gasteiger partial charge in [-0.15, -0.1) is 6.42 Å². The fourth-order valence-corrected chi connectivity index (χ4v) is 1.44. The highest BCUT2D eigenvalue weighted by molar-refractivity contribution is 6.42. The highest BCUT2D eigenvalue weighted by Crippen LogP contribution is 2.29. The third kappa shape index (κ3) is 2.01. The van der Waals surface area contributed by atoms with E-state index in [-0.39, 0.29) is 0 Å². The quantitative estimate of drug-likeness (QED) is 0.820. The number of aromatic nitrogens is 1. The number of nitrogens with one attached hydrogen (secondary N) is 1. The third-order valence-corrected chi connectivity index (χ3v) is 2.49. The average molecular weight is 241 g/mol. The van der Waals surface area contributed by atoms with Gasteiger partial charge < -0.3 is 9.73 Å². The second kappa shape index (κ2) is 4.01. The highest BCUT2D eigenvalue weighted by Gasteiger charge is 2.08. The second-order valence-corrected chi connectivity index (χ2v) is 3.63. The van der Waals surface area contributed by atoms with Gasteiger partial charge >= 0.3 is 0 Å². The van der Waals surface area contributed by atoms with Gasteiger partial charge in [0.1, 0.15) is 5.52 Å². The van der Waals surface area contributed by atoms with E-state index in [9.17, 15) is 0 Å². The summed E-state index contributed by atoms with van der Waals surface area (Å²) in [7, 11) is 0. The number of halogens is 2. The van der Waals surface area contributed by atoms with Crippen molar-refractivity contribution >= 4 is 40.3 Å². The van der Waals surface area contributed by atoms with Crippen molar-refractivity contribution in [1.82, 2.24) is 4.98 Å². The van der Waals surface area contributed by atoms with Gasteiger partial charge in [0.2, 0.25) is 0 Å². The number of hydrogen-bond donors (Lipinski definition) is 1. The summed E-state index contributed by atoms with van der Waals surface area (Å²) in [6, 6.07) is 3.62. The van der Waals surface area contributed by atoms with Crippen molar-refractivity contribution < 1.29 is 4.42 Å². The largest absolute Gasteiger partial charge is 0.423 e. The molecule has 0 bridgehead atoms. The summed E-state index contributed by atoms with van der Waals surface area (Å²) < 4.78 is 5.35. The molecule has 0 aliphatic heterocycles. The van der Waals surface area contributed by atoms with Crippen molar-refractivity contribution in [3.05, 3.63) is 22.2 Å². The SMILES string of the molecule is C#CCNc1nc2cc(Cl)c(Cl)cc2o1. The van der Waals surface area contributed by atoms with E-state index < -0.39 is 0 Å². The molecule has 0 saturated heterocycles. The van der Waals surface area contributed by atoms with E-state index in [0.29, 0.717) is 33.7 Å². The first-order chi connectivity index (χ1) is 7.20. The van der Waals surface area contributed by atoms with E-state index >= 15 is 0 Å². The van der Waals surface area contributed by atoms with E-state index in [1.807, 2.05) is 0 Å². The molecule has 0 radical (unpaired) electrons. The van der Waals surface area contributed by atoms with Crippen LogP contribution in [0.1, 0.15) is 0 Å². The molecule has 2 aromatic rings. The van der Waals surface area contributed by atoms with Gasteiger partial charge in [0.25, 0.3) is 6.01 Å². The van der Waals surface area contributed by atoms with E-state index in [4.69, 9.17) is 34.0 Å². The Labute approximate surface area is 96.4 Å². The number of oxazole rings is 1. The van der Waals surface area contributed by atoms with E-state index in [2.05, 4.69) is 16.2 Å². The smallest absolute Gasteiger partial charge is 0.296 e. The van der Waals surface area contributed by atoms with Gasteiger partial charge in [-0.2, -0.15) is 4.98 Å². The third-order valence-electron chi connectivity index (χ3n) is 1.77. The summed E-state index contributed by atoms with van der Waals surface area (Å²) in [5.41, 5.74) is 1.22. The topological polar surface area (TPSA) is 38.1 Å². The summed E-state index contributed by atoms with van der Waals surface area (Å²) >= 11 is 11.7. The number of rotatable bonds is 2. The van der Waals surface area contributed by atoms with Gasteiger partial charge in [-0.05, 0) is 6.07 Å². The van der Waals surface area contributed by atoms with Gasteiger partial charge in [0.15, 0.2) is 5.58 Å². The molecular weight excluding hydrogens is 235 g/mol. The number of nitrogens with zero attached hydrogens (tertiary/aromatic N) is 1. The molecule has 0 fully saturated rings. The lowest BCUT2D eigenvalue weighted by atomic mass is 10.3. The monoisotopic (exact) mass is 240 g/mol. The molecule has 3 nitrogen and oxygen atoms in total. The minimum Gasteiger partial charge on any atom is -0.423 e. The van der Waals surface area contributed by atoms with Gasteiger partial charge in [0, 0.05) is 6.07 Å². The Balaban J connectivity index is 2.43. The maximum absolute atomic E-state index is 5.83. The molecule has 76 valence electrons. The van der Waals surface area contributed by atoms with Crippen LogP contribution in [0.5, 0.6) is 0 Å². The molecule has 0 amide bonds. The molecule has 1 aromatic heterocycles. The van der Waals surface area contributed by atoms with Gasteiger partial charge in [-0.1, -0.05) is 29.1 Å². The predicted octanol–water partition coefficient (Wildman–Crippen LogP) is 3.18. The van der Waals surface area contributed by atoms with Crippen LogP contribution in [0.3, 0.4) is 0 Å². The molecule has 1 N–H and O–H groups in total. The molecule has 0 atom stereocenters. The number of benzene rings is 1. The molecule has 0 unspecified atom stereocenters. The zero-order valence-corrected chi connectivity index (χ0v) is 9.06. The first-order valence-corrected chi connectivity index (χ1v) is 4.89. The Kier molecular flexibility index (Phi) is 2.72. The van der Waals surface area contributed by atoms with E-state index in [1.54, 1.807) is 12.1 Å². The summed E-state index contributed by atoms with van der Waals surface area (Å²) in [6.07, 6.45) is 5.09. The molecule has 0 spiro atoms. The molecule has 1 heterocycles. The van der Waals surface area contributed by atoms with Crippen molar-refractivity contribution in [2.24, 2.45) is 0 Å². The molecule has 0 aliphatic carbocycles. The van der Waals surface area contributed by atoms with Crippen molar-refractivity contribution in [1.29, 1.82) is 0 Å². The number of fused-ring (bicyclic) bond motifs is 1. The van der Waals surface area contributed by atoms with Crippen molar-refractivity contribution in [2.45, 2.75) is 0 Å². The van der Waals surface area contributed by atoms with Crippen molar-refractivity contribution in [3.63, 3.8) is 0 Å². The molecular formula is C10H6Cl2N2O. The minimum absolute atomic E-state index is 0.355. The maximum Gasteiger partial charge on any atom is 0.296 e. The number of anilines is 1. The van der Waals surface area contributed by atoms with Crippen LogP contribution in [0.15, 0.2) is 16.5 Å². The molecule has 2 rings (SSSR count). The Hall–Kier alpha value is -1.37. The van der Waals surface area contributed by atoms with Crippen molar-refractivity contribution in [2.75, 3.05) is 11.9 Å². The van der Waals surface area contributed by atoms with E-state index in [0.717, 1.165) is 0 Å². The molecule has 0 aliphatic rings. The summed E-state index contributed by atoms with van der Waals surface area (Å²) in [6.45, 7) is 0.355. The van der Waals surface area contributed by atoms with Gasteiger partial charge in [0.05, 0.1) is 16.6 Å². The van der Waals surface area contributed by atoms with Gasteiger partial charge in [-0.3, -0.25) is 0 Å². The van der Waals surface area contributed by atoms with Crippen LogP contribution in [0.4, 0.5) is 6.01 Å². The first kappa shape index (κ1) is 10.2. The zero-order chi connectivity index (χ0) is 10.8. The summed E-state index contributed by atoms with van der Waals surface area (Å²) in [5.74, 6) is 2.42. The minimum atomic E-state index is 0.355. The number of hydrogen-bond acceptors (Lipinski definition) is 3. The van der Waals surface area contributed by atoms with Crippen LogP contribution in [-0.2, 0) is 0 Å². The molecule has 0 saturated carbocycles. The predicted molar refractivity (Wildman–Crippen MR) is 61.4 cm³/mol. The van der Waals surface area contributed by atoms with E-state index in [1.165, 1.54) is 0 Å². The zero-order valence-electron chi connectivity index (χ0n) is 7.55. The van der Waals surface area contributed by atoms with Crippen molar-refractivity contribution in [3.8, 4) is 12.3 Å². The fourth-order valence-electron chi connectivity index (χ4n) is 1.13. The normalized spacial score (nSPS) is 10.2. The molecule has 5 heteroatoms. The van der Waals surface area contributed by atoms with Crippen LogP contribution < -0.4 is 5.32 Å².